The maximum Gasteiger partial charge on any atom is 0.126 e. The molecule has 0 aromatic carbocycles. The molecule has 1 N–H and O–H groups in total. The van der Waals surface area contributed by atoms with Crippen LogP contribution in [0.5, 0.6) is 0 Å². The minimum atomic E-state index is -1.42. The Hall–Kier alpha value is -0.823. The molecule has 1 saturated heterocycles. The molecule has 2 nitrogen and oxygen atoms in total. The van der Waals surface area contributed by atoms with Gasteiger partial charge in [-0.2, -0.15) is 0 Å². The summed E-state index contributed by atoms with van der Waals surface area (Å²) in [5.74, 6) is 4.79. The summed E-state index contributed by atoms with van der Waals surface area (Å²) in [5.41, 5.74) is 0.799. The third-order valence-corrected chi connectivity index (χ3v) is 10.2. The molecule has 20 heavy (non-hydrogen) atoms. The van der Waals surface area contributed by atoms with E-state index in [1.54, 1.807) is 0 Å². The molecule has 0 amide bonds. The summed E-state index contributed by atoms with van der Waals surface area (Å²) in [4.78, 5) is 0. The quantitative estimate of drug-likeness (QED) is 0.620. The molecule has 3 rings (SSSR count). The van der Waals surface area contributed by atoms with Gasteiger partial charge in [-0.25, -0.2) is 0 Å². The van der Waals surface area contributed by atoms with E-state index in [2.05, 4.69) is 53.2 Å². The number of terminal acetylenes is 1. The molecule has 0 aromatic rings. The molecule has 0 spiro atoms. The molecular formula is C17H26N2Si. The average Bonchev–Trinajstić information content (AvgIpc) is 2.88. The highest BCUT2D eigenvalue weighted by atomic mass is 28.3. The summed E-state index contributed by atoms with van der Waals surface area (Å²) in [5, 5.41) is 3.48. The summed E-state index contributed by atoms with van der Waals surface area (Å²) in [6, 6.07) is 0. The Labute approximate surface area is 124 Å². The Morgan fingerprint density at radius 1 is 1.15 bits per heavy atom. The van der Waals surface area contributed by atoms with Gasteiger partial charge in [0.15, 0.2) is 0 Å². The van der Waals surface area contributed by atoms with Crippen molar-refractivity contribution in [3.05, 3.63) is 24.3 Å². The Bertz CT molecular complexity index is 454. The Balaban J connectivity index is 1.83. The maximum absolute atomic E-state index is 5.81. The molecule has 0 radical (unpaired) electrons. The van der Waals surface area contributed by atoms with Crippen molar-refractivity contribution in [2.75, 3.05) is 26.2 Å². The van der Waals surface area contributed by atoms with Crippen molar-refractivity contribution in [1.82, 2.24) is 9.88 Å². The van der Waals surface area contributed by atoms with Crippen LogP contribution in [0.25, 0.3) is 0 Å². The third kappa shape index (κ3) is 2.30. The molecule has 1 aliphatic heterocycles. The smallest absolute Gasteiger partial charge is 0.126 e. The van der Waals surface area contributed by atoms with Crippen LogP contribution in [0.4, 0.5) is 0 Å². The van der Waals surface area contributed by atoms with Gasteiger partial charge < -0.3 is 9.88 Å². The van der Waals surface area contributed by atoms with Crippen LogP contribution in [0, 0.1) is 30.1 Å². The van der Waals surface area contributed by atoms with E-state index in [0.29, 0.717) is 17.8 Å². The molecule has 1 saturated carbocycles. The van der Waals surface area contributed by atoms with Crippen LogP contribution >= 0.6 is 0 Å². The Morgan fingerprint density at radius 2 is 1.80 bits per heavy atom. The maximum atomic E-state index is 5.81. The first-order valence-corrected chi connectivity index (χ1v) is 10.9. The van der Waals surface area contributed by atoms with Crippen LogP contribution < -0.4 is 5.32 Å². The van der Waals surface area contributed by atoms with Crippen molar-refractivity contribution in [2.45, 2.75) is 25.1 Å². The SMILES string of the molecule is C#C[C@H]1CC([Si](C)(C)N2CCNCC2)C2C=CC=CC21. The van der Waals surface area contributed by atoms with Crippen LogP contribution in [0.1, 0.15) is 6.42 Å². The fourth-order valence-electron chi connectivity index (χ4n) is 4.45. The Morgan fingerprint density at radius 3 is 2.45 bits per heavy atom. The summed E-state index contributed by atoms with van der Waals surface area (Å²) >= 11 is 0. The van der Waals surface area contributed by atoms with E-state index >= 15 is 0 Å². The summed E-state index contributed by atoms with van der Waals surface area (Å²) < 4.78 is 2.80. The van der Waals surface area contributed by atoms with Gasteiger partial charge >= 0.3 is 0 Å². The number of nitrogens with zero attached hydrogens (tertiary/aromatic N) is 1. The van der Waals surface area contributed by atoms with Gasteiger partial charge in [0, 0.05) is 32.1 Å². The topological polar surface area (TPSA) is 15.3 Å². The monoisotopic (exact) mass is 286 g/mol. The second-order valence-electron chi connectivity index (χ2n) is 6.93. The molecule has 2 fully saturated rings. The first-order chi connectivity index (χ1) is 9.64. The summed E-state index contributed by atoms with van der Waals surface area (Å²) in [7, 11) is -1.42. The molecule has 3 aliphatic rings. The predicted octanol–water partition coefficient (Wildman–Crippen LogP) is 2.48. The average molecular weight is 286 g/mol. The molecular weight excluding hydrogens is 260 g/mol. The highest BCUT2D eigenvalue weighted by molar-refractivity contribution is 6.76. The summed E-state index contributed by atoms with van der Waals surface area (Å²) in [6.45, 7) is 9.84. The minimum Gasteiger partial charge on any atom is -0.321 e. The van der Waals surface area contributed by atoms with Gasteiger partial charge in [0.05, 0.1) is 0 Å². The number of nitrogens with one attached hydrogen (secondary N) is 1. The van der Waals surface area contributed by atoms with Gasteiger partial charge in [-0.05, 0) is 23.8 Å². The number of piperazine rings is 1. The zero-order valence-electron chi connectivity index (χ0n) is 12.7. The lowest BCUT2D eigenvalue weighted by atomic mass is 9.87. The highest BCUT2D eigenvalue weighted by Gasteiger charge is 2.50. The first-order valence-electron chi connectivity index (χ1n) is 7.91. The number of allylic oxidation sites excluding steroid dienone is 4. The molecule has 0 aromatic heterocycles. The lowest BCUT2D eigenvalue weighted by Crippen LogP contribution is -2.59. The van der Waals surface area contributed by atoms with E-state index in [-0.39, 0.29) is 0 Å². The number of hydrogen-bond acceptors (Lipinski definition) is 2. The van der Waals surface area contributed by atoms with Crippen molar-refractivity contribution >= 4 is 8.24 Å². The molecule has 1 heterocycles. The number of fused-ring (bicyclic) bond motifs is 1. The van der Waals surface area contributed by atoms with E-state index in [1.807, 2.05) is 0 Å². The first kappa shape index (κ1) is 14.1. The van der Waals surface area contributed by atoms with Crippen molar-refractivity contribution in [2.24, 2.45) is 17.8 Å². The third-order valence-electron chi connectivity index (χ3n) is 5.71. The zero-order valence-corrected chi connectivity index (χ0v) is 13.7. The van der Waals surface area contributed by atoms with Gasteiger partial charge in [0.1, 0.15) is 8.24 Å². The van der Waals surface area contributed by atoms with Crippen molar-refractivity contribution < 1.29 is 0 Å². The standard InChI is InChI=1S/C17H26N2Si/c1-4-14-13-17(16-8-6-5-7-15(14)16)20(2,3)19-11-9-18-10-12-19/h1,5-8,14-18H,9-13H2,2-3H3/t14-,15?,16?,17?/m0/s1. The van der Waals surface area contributed by atoms with E-state index in [9.17, 15) is 0 Å². The lowest BCUT2D eigenvalue weighted by molar-refractivity contribution is 0.346. The molecule has 2 aliphatic carbocycles. The molecule has 3 heteroatoms. The second kappa shape index (κ2) is 5.52. The van der Waals surface area contributed by atoms with Crippen LogP contribution in [0.3, 0.4) is 0 Å². The normalized spacial score (nSPS) is 37.6. The molecule has 4 atom stereocenters. The van der Waals surface area contributed by atoms with Gasteiger partial charge in [-0.1, -0.05) is 37.4 Å². The number of rotatable bonds is 2. The number of hydrogen-bond donors (Lipinski definition) is 1. The van der Waals surface area contributed by atoms with Gasteiger partial charge in [-0.15, -0.1) is 12.3 Å². The van der Waals surface area contributed by atoms with Gasteiger partial charge in [-0.3, -0.25) is 0 Å². The van der Waals surface area contributed by atoms with Crippen LogP contribution in [-0.2, 0) is 0 Å². The predicted molar refractivity (Wildman–Crippen MR) is 87.9 cm³/mol. The minimum absolute atomic E-state index is 0.445. The molecule has 108 valence electrons. The van der Waals surface area contributed by atoms with Crippen LogP contribution in [-0.4, -0.2) is 39.0 Å². The zero-order chi connectivity index (χ0) is 14.2. The lowest BCUT2D eigenvalue weighted by Gasteiger charge is -2.45. The fraction of sp³-hybridized carbons (Fsp3) is 0.647. The van der Waals surface area contributed by atoms with E-state index < -0.39 is 8.24 Å². The van der Waals surface area contributed by atoms with Crippen molar-refractivity contribution in [3.63, 3.8) is 0 Å². The second-order valence-corrected chi connectivity index (χ2v) is 11.6. The van der Waals surface area contributed by atoms with E-state index in [1.165, 1.54) is 19.5 Å². The largest absolute Gasteiger partial charge is 0.321 e. The highest BCUT2D eigenvalue weighted by Crippen LogP contribution is 2.52. The van der Waals surface area contributed by atoms with Crippen molar-refractivity contribution in [3.8, 4) is 12.3 Å². The van der Waals surface area contributed by atoms with Crippen molar-refractivity contribution in [1.29, 1.82) is 0 Å². The van der Waals surface area contributed by atoms with Crippen LogP contribution in [0.2, 0.25) is 18.6 Å². The fourth-order valence-corrected chi connectivity index (χ4v) is 8.40. The van der Waals surface area contributed by atoms with Crippen LogP contribution in [0.15, 0.2) is 24.3 Å². The Kier molecular flexibility index (Phi) is 3.90. The van der Waals surface area contributed by atoms with Gasteiger partial charge in [0.2, 0.25) is 0 Å². The van der Waals surface area contributed by atoms with E-state index in [4.69, 9.17) is 6.42 Å². The molecule has 0 bridgehead atoms. The molecule has 3 unspecified atom stereocenters. The summed E-state index contributed by atoms with van der Waals surface area (Å²) in [6.07, 6.45) is 16.2. The van der Waals surface area contributed by atoms with Gasteiger partial charge in [0.25, 0.3) is 0 Å². The van der Waals surface area contributed by atoms with E-state index in [0.717, 1.165) is 18.6 Å².